The molecule has 2 rings (SSSR count). The number of nitrogens with zero attached hydrogens (tertiary/aromatic N) is 1. The van der Waals surface area contributed by atoms with Crippen LogP contribution in [0.5, 0.6) is 0 Å². The van der Waals surface area contributed by atoms with Crippen molar-refractivity contribution in [3.05, 3.63) is 0 Å². The van der Waals surface area contributed by atoms with Crippen molar-refractivity contribution in [2.24, 2.45) is 11.7 Å². The average molecular weight is 212 g/mol. The van der Waals surface area contributed by atoms with Crippen LogP contribution in [0.1, 0.15) is 38.5 Å². The molecule has 0 aromatic rings. The molecular weight excluding hydrogens is 188 g/mol. The fourth-order valence-electron chi connectivity index (χ4n) is 3.23. The maximum Gasteiger partial charge on any atom is 0.0667 e. The Morgan fingerprint density at radius 2 is 1.93 bits per heavy atom. The van der Waals surface area contributed by atoms with Crippen molar-refractivity contribution in [3.63, 3.8) is 0 Å². The van der Waals surface area contributed by atoms with Gasteiger partial charge in [0.1, 0.15) is 0 Å². The number of piperidine rings is 1. The normalized spacial score (nSPS) is 39.2. The molecule has 0 amide bonds. The molecule has 3 unspecified atom stereocenters. The molecule has 0 aromatic carbocycles. The highest BCUT2D eigenvalue weighted by Gasteiger charge is 2.31. The zero-order chi connectivity index (χ0) is 10.7. The molecular formula is C12H24N2O. The molecule has 3 N–H and O–H groups in total. The molecule has 0 radical (unpaired) electrons. The number of β-amino-alcohol motifs (C(OH)–C–C–N with tert-alkyl or cyclic N) is 1. The summed E-state index contributed by atoms with van der Waals surface area (Å²) < 4.78 is 0. The van der Waals surface area contributed by atoms with Crippen molar-refractivity contribution in [2.75, 3.05) is 19.6 Å². The van der Waals surface area contributed by atoms with Crippen LogP contribution in [0, 0.1) is 5.92 Å². The Morgan fingerprint density at radius 1 is 1.13 bits per heavy atom. The Bertz CT molecular complexity index is 198. The maximum atomic E-state index is 9.70. The summed E-state index contributed by atoms with van der Waals surface area (Å²) >= 11 is 0. The first-order valence-corrected chi connectivity index (χ1v) is 6.43. The van der Waals surface area contributed by atoms with E-state index in [9.17, 15) is 5.11 Å². The topological polar surface area (TPSA) is 49.5 Å². The van der Waals surface area contributed by atoms with E-state index in [0.29, 0.717) is 12.0 Å². The van der Waals surface area contributed by atoms with Crippen LogP contribution >= 0.6 is 0 Å². The van der Waals surface area contributed by atoms with Crippen LogP contribution in [0.4, 0.5) is 0 Å². The zero-order valence-corrected chi connectivity index (χ0v) is 9.57. The highest BCUT2D eigenvalue weighted by Crippen LogP contribution is 2.29. The SMILES string of the molecule is NCC1CCCCC1N1CCCC(O)C1. The Balaban J connectivity index is 1.94. The number of rotatable bonds is 2. The molecule has 0 spiro atoms. The van der Waals surface area contributed by atoms with Gasteiger partial charge in [-0.3, -0.25) is 4.90 Å². The molecule has 2 fully saturated rings. The summed E-state index contributed by atoms with van der Waals surface area (Å²) in [5.74, 6) is 0.670. The second-order valence-electron chi connectivity index (χ2n) is 5.14. The van der Waals surface area contributed by atoms with Crippen molar-refractivity contribution in [3.8, 4) is 0 Å². The van der Waals surface area contributed by atoms with Crippen molar-refractivity contribution in [2.45, 2.75) is 50.7 Å². The number of hydrogen-bond acceptors (Lipinski definition) is 3. The molecule has 3 nitrogen and oxygen atoms in total. The lowest BCUT2D eigenvalue weighted by Crippen LogP contribution is -2.50. The summed E-state index contributed by atoms with van der Waals surface area (Å²) in [5, 5.41) is 9.70. The van der Waals surface area contributed by atoms with Gasteiger partial charge in [-0.15, -0.1) is 0 Å². The number of aliphatic hydroxyl groups excluding tert-OH is 1. The van der Waals surface area contributed by atoms with Crippen LogP contribution < -0.4 is 5.73 Å². The third kappa shape index (κ3) is 2.71. The first-order valence-electron chi connectivity index (χ1n) is 6.43. The maximum absolute atomic E-state index is 9.70. The molecule has 1 saturated carbocycles. The van der Waals surface area contributed by atoms with Gasteiger partial charge in [-0.25, -0.2) is 0 Å². The number of hydrogen-bond donors (Lipinski definition) is 2. The summed E-state index contributed by atoms with van der Waals surface area (Å²) in [5.41, 5.74) is 5.85. The summed E-state index contributed by atoms with van der Waals surface area (Å²) in [6.07, 6.45) is 7.29. The summed E-state index contributed by atoms with van der Waals surface area (Å²) in [7, 11) is 0. The largest absolute Gasteiger partial charge is 0.392 e. The second-order valence-corrected chi connectivity index (χ2v) is 5.14. The van der Waals surface area contributed by atoms with E-state index in [1.54, 1.807) is 0 Å². The van der Waals surface area contributed by atoms with Gasteiger partial charge in [-0.1, -0.05) is 12.8 Å². The predicted molar refractivity (Wildman–Crippen MR) is 61.6 cm³/mol. The van der Waals surface area contributed by atoms with E-state index >= 15 is 0 Å². The molecule has 0 bridgehead atoms. The molecule has 1 aliphatic heterocycles. The van der Waals surface area contributed by atoms with Gasteiger partial charge in [0, 0.05) is 12.6 Å². The Morgan fingerprint density at radius 3 is 2.67 bits per heavy atom. The van der Waals surface area contributed by atoms with Crippen LogP contribution in [-0.2, 0) is 0 Å². The van der Waals surface area contributed by atoms with Gasteiger partial charge < -0.3 is 10.8 Å². The van der Waals surface area contributed by atoms with E-state index in [-0.39, 0.29) is 6.10 Å². The molecule has 2 aliphatic rings. The third-order valence-corrected chi connectivity index (χ3v) is 4.07. The van der Waals surface area contributed by atoms with E-state index < -0.39 is 0 Å². The second kappa shape index (κ2) is 5.28. The predicted octanol–water partition coefficient (Wildman–Crippen LogP) is 0.961. The third-order valence-electron chi connectivity index (χ3n) is 4.07. The standard InChI is InChI=1S/C12H24N2O/c13-8-10-4-1-2-6-12(10)14-7-3-5-11(15)9-14/h10-12,15H,1-9,13H2. The summed E-state index contributed by atoms with van der Waals surface area (Å²) in [4.78, 5) is 2.49. The minimum absolute atomic E-state index is 0.0981. The monoisotopic (exact) mass is 212 g/mol. The van der Waals surface area contributed by atoms with Crippen molar-refractivity contribution >= 4 is 0 Å². The quantitative estimate of drug-likeness (QED) is 0.717. The Hall–Kier alpha value is -0.120. The highest BCUT2D eigenvalue weighted by molar-refractivity contribution is 4.86. The minimum atomic E-state index is -0.0981. The fraction of sp³-hybridized carbons (Fsp3) is 1.00. The van der Waals surface area contributed by atoms with Gasteiger partial charge in [0.2, 0.25) is 0 Å². The van der Waals surface area contributed by atoms with Crippen LogP contribution in [-0.4, -0.2) is 41.8 Å². The Labute approximate surface area is 92.6 Å². The van der Waals surface area contributed by atoms with Crippen LogP contribution in [0.25, 0.3) is 0 Å². The molecule has 1 aliphatic carbocycles. The van der Waals surface area contributed by atoms with Crippen molar-refractivity contribution in [1.29, 1.82) is 0 Å². The minimum Gasteiger partial charge on any atom is -0.392 e. The van der Waals surface area contributed by atoms with Gasteiger partial charge in [-0.2, -0.15) is 0 Å². The van der Waals surface area contributed by atoms with Gasteiger partial charge in [-0.05, 0) is 44.7 Å². The Kier molecular flexibility index (Phi) is 4.00. The van der Waals surface area contributed by atoms with Gasteiger partial charge in [0.15, 0.2) is 0 Å². The van der Waals surface area contributed by atoms with Crippen LogP contribution in [0.2, 0.25) is 0 Å². The number of aliphatic hydroxyl groups is 1. The first-order chi connectivity index (χ1) is 7.31. The molecule has 3 atom stereocenters. The van der Waals surface area contributed by atoms with E-state index in [1.807, 2.05) is 0 Å². The van der Waals surface area contributed by atoms with E-state index in [2.05, 4.69) is 4.90 Å². The van der Waals surface area contributed by atoms with Crippen molar-refractivity contribution in [1.82, 2.24) is 4.90 Å². The molecule has 88 valence electrons. The van der Waals surface area contributed by atoms with Gasteiger partial charge in [0.05, 0.1) is 6.10 Å². The zero-order valence-electron chi connectivity index (χ0n) is 9.57. The van der Waals surface area contributed by atoms with E-state index in [0.717, 1.165) is 32.5 Å². The molecule has 1 saturated heterocycles. The molecule has 0 aromatic heterocycles. The lowest BCUT2D eigenvalue weighted by atomic mass is 9.82. The molecule has 1 heterocycles. The van der Waals surface area contributed by atoms with Crippen LogP contribution in [0.15, 0.2) is 0 Å². The van der Waals surface area contributed by atoms with E-state index in [4.69, 9.17) is 5.73 Å². The molecule has 15 heavy (non-hydrogen) atoms. The lowest BCUT2D eigenvalue weighted by molar-refractivity contribution is 0.0180. The fourth-order valence-corrected chi connectivity index (χ4v) is 3.23. The number of likely N-dealkylation sites (tertiary alicyclic amines) is 1. The lowest BCUT2D eigenvalue weighted by Gasteiger charge is -2.42. The number of nitrogens with two attached hydrogens (primary N) is 1. The van der Waals surface area contributed by atoms with Crippen LogP contribution in [0.3, 0.4) is 0 Å². The summed E-state index contributed by atoms with van der Waals surface area (Å²) in [6, 6.07) is 0.652. The average Bonchev–Trinajstić information content (AvgIpc) is 2.29. The molecule has 3 heteroatoms. The smallest absolute Gasteiger partial charge is 0.0667 e. The highest BCUT2D eigenvalue weighted by atomic mass is 16.3. The first kappa shape index (κ1) is 11.4. The van der Waals surface area contributed by atoms with Crippen molar-refractivity contribution < 1.29 is 5.11 Å². The van der Waals surface area contributed by atoms with Gasteiger partial charge in [0.25, 0.3) is 0 Å². The van der Waals surface area contributed by atoms with E-state index in [1.165, 1.54) is 25.7 Å². The van der Waals surface area contributed by atoms with Gasteiger partial charge >= 0.3 is 0 Å². The summed E-state index contributed by atoms with van der Waals surface area (Å²) in [6.45, 7) is 2.86.